The molecule has 0 saturated heterocycles. The van der Waals surface area contributed by atoms with E-state index in [1.165, 1.54) is 71.6 Å². The highest BCUT2D eigenvalue weighted by atomic mass is 16.5. The Kier molecular flexibility index (Phi) is 15.4. The molecule has 4 aliphatic heterocycles. The molecule has 12 nitrogen and oxygen atoms in total. The lowest BCUT2D eigenvalue weighted by Gasteiger charge is -2.45. The molecule has 4 aliphatic rings. The van der Waals surface area contributed by atoms with Crippen molar-refractivity contribution in [3.8, 4) is 114 Å². The smallest absolute Gasteiger partial charge is 0.238 e. The van der Waals surface area contributed by atoms with Gasteiger partial charge in [0.1, 0.15) is 22.8 Å². The molecule has 18 aromatic carbocycles. The second-order valence-electron chi connectivity index (χ2n) is 33.4. The number of hydrogen-bond acceptors (Lipinski definition) is 8. The number of ether oxygens (including phenoxy) is 2. The average Bonchev–Trinajstić information content (AvgIpc) is 1.53. The standard InChI is InChI=1S/2C58H35N5O/c1-3-16-36(17-4-1)37-30-32-39(33-31-37)56-59-55(38-18-5-2-6-19-38)60-57(61-56)63-49-27-12-8-21-41(49)43-34-47-53(35-51(43)63)64-52-29-14-10-24-45(52)58(47)44-23-9-13-28-50(44)62-48-26-11-7-20-40(48)42-22-15-25-46(58)54(42)62;1-3-16-36(17-4-1)37-30-32-39(33-31-37)56-59-55(38-18-5-2-6-19-38)60-57(61-56)63-49-27-12-8-21-41(49)43-34-35-47-54(53(43)63)64-51-29-14-10-24-45(51)58(47)44-23-9-13-28-50(44)62-48-26-11-7-20-40(48)42-22-15-25-46(58)52(42)62/h2*1-35H. The Labute approximate surface area is 734 Å². The van der Waals surface area contributed by atoms with E-state index in [2.05, 4.69) is 394 Å². The number of para-hydroxylation sites is 10. The maximum atomic E-state index is 7.35. The third-order valence-corrected chi connectivity index (χ3v) is 26.9. The van der Waals surface area contributed by atoms with Gasteiger partial charge in [-0.2, -0.15) is 19.9 Å². The molecule has 596 valence electrons. The summed E-state index contributed by atoms with van der Waals surface area (Å²) in [7, 11) is 0. The molecule has 28 rings (SSSR count). The van der Waals surface area contributed by atoms with E-state index in [1.807, 2.05) is 48.5 Å². The monoisotopic (exact) mass is 1630 g/mol. The zero-order chi connectivity index (χ0) is 83.9. The normalized spacial score (nSPS) is 14.8. The lowest BCUT2D eigenvalue weighted by atomic mass is 9.61. The van der Waals surface area contributed by atoms with Crippen LogP contribution in [0.25, 0.3) is 178 Å². The van der Waals surface area contributed by atoms with Crippen LogP contribution in [0.3, 0.4) is 0 Å². The van der Waals surface area contributed by atoms with Crippen LogP contribution in [0.4, 0.5) is 0 Å². The minimum absolute atomic E-state index is 0.512. The number of benzene rings is 18. The molecule has 10 heterocycles. The van der Waals surface area contributed by atoms with Crippen molar-refractivity contribution in [2.24, 2.45) is 0 Å². The summed E-state index contributed by atoms with van der Waals surface area (Å²) in [6, 6.07) is 151. The lowest BCUT2D eigenvalue weighted by molar-refractivity contribution is 0.434. The van der Waals surface area contributed by atoms with Gasteiger partial charge in [0.2, 0.25) is 11.9 Å². The maximum Gasteiger partial charge on any atom is 0.238 e. The predicted octanol–water partition coefficient (Wildman–Crippen LogP) is 27.7. The number of hydrogen-bond donors (Lipinski definition) is 0. The molecule has 0 fully saturated rings. The molecule has 0 radical (unpaired) electrons. The molecule has 2 unspecified atom stereocenters. The quantitative estimate of drug-likeness (QED) is 0.148. The van der Waals surface area contributed by atoms with Crippen molar-refractivity contribution in [1.82, 2.24) is 48.2 Å². The van der Waals surface area contributed by atoms with Gasteiger partial charge in [0.05, 0.1) is 60.8 Å². The van der Waals surface area contributed by atoms with Gasteiger partial charge in [-0.1, -0.05) is 364 Å². The van der Waals surface area contributed by atoms with Crippen LogP contribution in [0.2, 0.25) is 0 Å². The fraction of sp³-hybridized carbons (Fsp3) is 0.0172. The first-order valence-corrected chi connectivity index (χ1v) is 43.4. The fourth-order valence-corrected chi connectivity index (χ4v) is 21.5. The van der Waals surface area contributed by atoms with Crippen molar-refractivity contribution >= 4 is 87.2 Å². The first-order chi connectivity index (χ1) is 63.5. The third-order valence-electron chi connectivity index (χ3n) is 26.9. The predicted molar refractivity (Wildman–Crippen MR) is 514 cm³/mol. The van der Waals surface area contributed by atoms with Gasteiger partial charge < -0.3 is 18.6 Å². The fourth-order valence-electron chi connectivity index (χ4n) is 21.5. The van der Waals surface area contributed by atoms with Crippen LogP contribution in [0.1, 0.15) is 44.5 Å². The van der Waals surface area contributed by atoms with E-state index in [9.17, 15) is 0 Å². The summed E-state index contributed by atoms with van der Waals surface area (Å²) in [5, 5.41) is 9.25. The lowest BCUT2D eigenvalue weighted by Crippen LogP contribution is -2.37. The number of nitrogens with zero attached hydrogens (tertiary/aromatic N) is 10. The van der Waals surface area contributed by atoms with Crippen molar-refractivity contribution in [1.29, 1.82) is 0 Å². The summed E-state index contributed by atoms with van der Waals surface area (Å²) in [6.45, 7) is 0. The molecule has 0 amide bonds. The van der Waals surface area contributed by atoms with E-state index < -0.39 is 10.8 Å². The van der Waals surface area contributed by atoms with Gasteiger partial charge in [0.25, 0.3) is 0 Å². The average molecular weight is 1640 g/mol. The summed E-state index contributed by atoms with van der Waals surface area (Å²) >= 11 is 0. The van der Waals surface area contributed by atoms with E-state index >= 15 is 0 Å². The summed E-state index contributed by atoms with van der Waals surface area (Å²) in [5.41, 5.74) is 27.0. The summed E-state index contributed by atoms with van der Waals surface area (Å²) < 4.78 is 23.8. The molecule has 2 atom stereocenters. The second-order valence-corrected chi connectivity index (χ2v) is 33.4. The largest absolute Gasteiger partial charge is 0.457 e. The zero-order valence-corrected chi connectivity index (χ0v) is 68.7. The Bertz CT molecular complexity index is 8760. The van der Waals surface area contributed by atoms with E-state index in [-0.39, 0.29) is 0 Å². The van der Waals surface area contributed by atoms with Crippen molar-refractivity contribution in [2.75, 3.05) is 0 Å². The number of fused-ring (bicyclic) bond motifs is 29. The Hall–Kier alpha value is -17.2. The Balaban J connectivity index is 0.000000132. The zero-order valence-electron chi connectivity index (χ0n) is 68.7. The second kappa shape index (κ2) is 27.6. The van der Waals surface area contributed by atoms with E-state index in [4.69, 9.17) is 39.4 Å². The van der Waals surface area contributed by atoms with Gasteiger partial charge >= 0.3 is 0 Å². The van der Waals surface area contributed by atoms with Gasteiger partial charge in [0.15, 0.2) is 29.0 Å². The molecule has 128 heavy (non-hydrogen) atoms. The van der Waals surface area contributed by atoms with Gasteiger partial charge in [-0.25, -0.2) is 9.97 Å². The first-order valence-electron chi connectivity index (χ1n) is 43.4. The van der Waals surface area contributed by atoms with Gasteiger partial charge in [0, 0.05) is 93.7 Å². The summed E-state index contributed by atoms with van der Waals surface area (Å²) in [4.78, 5) is 31.5. The van der Waals surface area contributed by atoms with Crippen LogP contribution in [0, 0.1) is 0 Å². The third kappa shape index (κ3) is 10.2. The SMILES string of the molecule is c1ccc(-c2ccc(-c3nc(-c4ccccc4)nc(-n4c5ccccc5c5cc6c(cc54)Oc4ccccc4C64c5ccccc5-n5c6ccccc6c6cccc4c65)n3)cc2)cc1.c1ccc(-c2ccc(-c3nc(-c4ccccc4)nc(-n4c5ccccc5c5ccc6c(c54)Oc4ccccc4C64c5ccccc5-n5c6ccccc6c6cccc4c65)n3)cc2)cc1. The molecule has 24 aromatic rings. The highest BCUT2D eigenvalue weighted by Crippen LogP contribution is 2.64. The summed E-state index contributed by atoms with van der Waals surface area (Å²) in [6.07, 6.45) is 0. The van der Waals surface area contributed by atoms with E-state index in [0.717, 1.165) is 139 Å². The molecule has 12 heteroatoms. The highest BCUT2D eigenvalue weighted by molar-refractivity contribution is 6.17. The molecule has 0 saturated carbocycles. The molecular formula is C116H70N10O2. The Morgan fingerprint density at radius 1 is 0.180 bits per heavy atom. The van der Waals surface area contributed by atoms with Crippen LogP contribution in [-0.2, 0) is 10.8 Å². The Morgan fingerprint density at radius 3 is 0.984 bits per heavy atom. The number of rotatable bonds is 8. The summed E-state index contributed by atoms with van der Waals surface area (Å²) in [5.74, 6) is 6.64. The first kappa shape index (κ1) is 71.4. The molecule has 6 aromatic heterocycles. The van der Waals surface area contributed by atoms with Gasteiger partial charge in [-0.05, 0) is 99.1 Å². The molecule has 0 bridgehead atoms. The van der Waals surface area contributed by atoms with Crippen molar-refractivity contribution in [3.05, 3.63) is 469 Å². The van der Waals surface area contributed by atoms with Crippen molar-refractivity contribution in [2.45, 2.75) is 10.8 Å². The minimum atomic E-state index is -0.736. The molecule has 0 aliphatic carbocycles. The molecule has 2 spiro atoms. The molecule has 0 N–H and O–H groups in total. The van der Waals surface area contributed by atoms with Crippen molar-refractivity contribution < 1.29 is 9.47 Å². The van der Waals surface area contributed by atoms with Gasteiger partial charge in [-0.15, -0.1) is 0 Å². The van der Waals surface area contributed by atoms with Crippen molar-refractivity contribution in [3.63, 3.8) is 0 Å². The van der Waals surface area contributed by atoms with E-state index in [1.54, 1.807) is 0 Å². The molecular weight excluding hydrogens is 1570 g/mol. The minimum Gasteiger partial charge on any atom is -0.457 e. The topological polar surface area (TPSA) is 116 Å². The Morgan fingerprint density at radius 2 is 0.508 bits per heavy atom. The maximum absolute atomic E-state index is 7.35. The number of aromatic nitrogens is 10. The van der Waals surface area contributed by atoms with E-state index in [0.29, 0.717) is 35.2 Å². The van der Waals surface area contributed by atoms with Crippen LogP contribution in [-0.4, -0.2) is 48.2 Å². The van der Waals surface area contributed by atoms with Crippen LogP contribution < -0.4 is 9.47 Å². The van der Waals surface area contributed by atoms with Crippen LogP contribution >= 0.6 is 0 Å². The van der Waals surface area contributed by atoms with Crippen LogP contribution in [0.5, 0.6) is 23.0 Å². The highest BCUT2D eigenvalue weighted by Gasteiger charge is 2.53. The van der Waals surface area contributed by atoms with Crippen LogP contribution in [0.15, 0.2) is 425 Å². The van der Waals surface area contributed by atoms with Gasteiger partial charge in [-0.3, -0.25) is 9.13 Å².